The molecule has 0 saturated heterocycles. The van der Waals surface area contributed by atoms with Crippen molar-refractivity contribution in [3.8, 4) is 22.6 Å². The van der Waals surface area contributed by atoms with Crippen molar-refractivity contribution in [2.24, 2.45) is 0 Å². The minimum atomic E-state index is -0.250. The summed E-state index contributed by atoms with van der Waals surface area (Å²) in [6.07, 6.45) is 4.72. The highest BCUT2D eigenvalue weighted by Gasteiger charge is 2.15. The quantitative estimate of drug-likeness (QED) is 0.286. The fourth-order valence-corrected chi connectivity index (χ4v) is 3.60. The first-order valence-corrected chi connectivity index (χ1v) is 10.2. The van der Waals surface area contributed by atoms with E-state index in [2.05, 4.69) is 53.6 Å². The van der Waals surface area contributed by atoms with Crippen LogP contribution in [0.3, 0.4) is 0 Å². The maximum atomic E-state index is 8.36. The Morgan fingerprint density at radius 3 is 2.35 bits per heavy atom. The molecular weight excluding hydrogens is 408 g/mol. The van der Waals surface area contributed by atoms with Crippen molar-refractivity contribution in [3.05, 3.63) is 114 Å². The largest absolute Gasteiger partial charge is 0.483 e. The van der Waals surface area contributed by atoms with Gasteiger partial charge in [-0.2, -0.15) is 0 Å². The molecule has 0 bridgehead atoms. The van der Waals surface area contributed by atoms with E-state index < -0.39 is 0 Å². The SMILES string of the molecule is C=CCc1cccc(-c2cnc(-c3ccccc3)n2Cc2ccccc2Cl)c1.O=CO. The standard InChI is InChI=1S/C25H21ClN2.CH2O2/c1-2-9-19-10-8-14-21(16-19)24-17-27-25(20-11-4-3-5-12-20)28(24)18-22-13-6-7-15-23(22)26;2-1-3/h2-8,10-17H,1,9,18H2;1H,(H,2,3). The lowest BCUT2D eigenvalue weighted by molar-refractivity contribution is -0.122. The summed E-state index contributed by atoms with van der Waals surface area (Å²) in [6.45, 7) is 4.26. The predicted octanol–water partition coefficient (Wildman–Crippen LogP) is 6.35. The third kappa shape index (κ3) is 5.50. The molecule has 1 heterocycles. The summed E-state index contributed by atoms with van der Waals surface area (Å²) >= 11 is 6.46. The van der Waals surface area contributed by atoms with E-state index in [0.29, 0.717) is 6.54 Å². The van der Waals surface area contributed by atoms with E-state index in [-0.39, 0.29) is 6.47 Å². The van der Waals surface area contributed by atoms with Gasteiger partial charge in [0.15, 0.2) is 0 Å². The molecule has 1 N–H and O–H groups in total. The molecule has 3 aromatic carbocycles. The Bertz CT molecular complexity index is 1150. The molecular formula is C26H23ClN2O2. The highest BCUT2D eigenvalue weighted by molar-refractivity contribution is 6.31. The number of hydrogen-bond donors (Lipinski definition) is 1. The van der Waals surface area contributed by atoms with Crippen molar-refractivity contribution in [1.29, 1.82) is 0 Å². The molecule has 0 amide bonds. The molecule has 1 aromatic heterocycles. The lowest BCUT2D eigenvalue weighted by Gasteiger charge is -2.14. The lowest BCUT2D eigenvalue weighted by atomic mass is 10.1. The Labute approximate surface area is 187 Å². The maximum Gasteiger partial charge on any atom is 0.290 e. The summed E-state index contributed by atoms with van der Waals surface area (Å²) < 4.78 is 2.24. The van der Waals surface area contributed by atoms with Crippen molar-refractivity contribution in [1.82, 2.24) is 9.55 Å². The van der Waals surface area contributed by atoms with Gasteiger partial charge in [-0.1, -0.05) is 84.4 Å². The summed E-state index contributed by atoms with van der Waals surface area (Å²) in [5, 5.41) is 7.65. The number of nitrogens with zero attached hydrogens (tertiary/aromatic N) is 2. The molecule has 0 unspecified atom stereocenters. The number of aromatic nitrogens is 2. The number of halogens is 1. The summed E-state index contributed by atoms with van der Waals surface area (Å²) in [6, 6.07) is 26.8. The highest BCUT2D eigenvalue weighted by atomic mass is 35.5. The van der Waals surface area contributed by atoms with Gasteiger partial charge >= 0.3 is 0 Å². The van der Waals surface area contributed by atoms with E-state index in [1.807, 2.05) is 48.7 Å². The van der Waals surface area contributed by atoms with Crippen LogP contribution in [-0.2, 0) is 17.8 Å². The summed E-state index contributed by atoms with van der Waals surface area (Å²) in [5.74, 6) is 0.935. The van der Waals surface area contributed by atoms with Crippen molar-refractivity contribution in [3.63, 3.8) is 0 Å². The van der Waals surface area contributed by atoms with Crippen LogP contribution in [-0.4, -0.2) is 21.1 Å². The zero-order chi connectivity index (χ0) is 22.1. The fraction of sp³-hybridized carbons (Fsp3) is 0.0769. The van der Waals surface area contributed by atoms with Gasteiger partial charge in [-0.3, -0.25) is 4.79 Å². The van der Waals surface area contributed by atoms with Crippen molar-refractivity contribution in [2.75, 3.05) is 0 Å². The minimum absolute atomic E-state index is 0.250. The third-order valence-corrected chi connectivity index (χ3v) is 5.15. The zero-order valence-electron chi connectivity index (χ0n) is 17.0. The van der Waals surface area contributed by atoms with Gasteiger partial charge < -0.3 is 9.67 Å². The average molecular weight is 431 g/mol. The molecule has 4 aromatic rings. The second-order valence-corrected chi connectivity index (χ2v) is 7.22. The third-order valence-electron chi connectivity index (χ3n) is 4.78. The fourth-order valence-electron chi connectivity index (χ4n) is 3.41. The van der Waals surface area contributed by atoms with Gasteiger partial charge in [-0.15, -0.1) is 6.58 Å². The maximum absolute atomic E-state index is 8.36. The first kappa shape index (κ1) is 22.1. The topological polar surface area (TPSA) is 55.1 Å². The minimum Gasteiger partial charge on any atom is -0.483 e. The number of imidazole rings is 1. The van der Waals surface area contributed by atoms with Crippen molar-refractivity contribution < 1.29 is 9.90 Å². The number of hydrogen-bond acceptors (Lipinski definition) is 2. The van der Waals surface area contributed by atoms with Gasteiger partial charge in [0.1, 0.15) is 5.82 Å². The van der Waals surface area contributed by atoms with Crippen LogP contribution in [0.4, 0.5) is 0 Å². The highest BCUT2D eigenvalue weighted by Crippen LogP contribution is 2.29. The second-order valence-electron chi connectivity index (χ2n) is 6.81. The Morgan fingerprint density at radius 2 is 1.65 bits per heavy atom. The van der Waals surface area contributed by atoms with Crippen LogP contribution in [0.25, 0.3) is 22.6 Å². The molecule has 4 rings (SSSR count). The molecule has 0 atom stereocenters. The number of benzene rings is 3. The number of rotatable bonds is 6. The van der Waals surface area contributed by atoms with E-state index in [0.717, 1.165) is 39.7 Å². The van der Waals surface area contributed by atoms with E-state index >= 15 is 0 Å². The summed E-state index contributed by atoms with van der Waals surface area (Å²) in [7, 11) is 0. The van der Waals surface area contributed by atoms with Crippen LogP contribution >= 0.6 is 11.6 Å². The lowest BCUT2D eigenvalue weighted by Crippen LogP contribution is -2.05. The number of carboxylic acid groups (broad SMARTS) is 1. The van der Waals surface area contributed by atoms with Crippen LogP contribution in [0, 0.1) is 0 Å². The Balaban J connectivity index is 0.000000858. The van der Waals surface area contributed by atoms with Crippen molar-refractivity contribution >= 4 is 18.1 Å². The van der Waals surface area contributed by atoms with Crippen LogP contribution in [0.2, 0.25) is 5.02 Å². The van der Waals surface area contributed by atoms with Gasteiger partial charge in [0, 0.05) is 16.1 Å². The molecule has 0 radical (unpaired) electrons. The van der Waals surface area contributed by atoms with Gasteiger partial charge in [0.2, 0.25) is 0 Å². The smallest absolute Gasteiger partial charge is 0.290 e. The van der Waals surface area contributed by atoms with Crippen LogP contribution in [0.15, 0.2) is 97.7 Å². The van der Waals surface area contributed by atoms with Gasteiger partial charge in [-0.05, 0) is 29.7 Å². The molecule has 31 heavy (non-hydrogen) atoms. The molecule has 0 aliphatic heterocycles. The van der Waals surface area contributed by atoms with Gasteiger partial charge in [0.05, 0.1) is 18.4 Å². The Hall–Kier alpha value is -3.63. The van der Waals surface area contributed by atoms with Crippen molar-refractivity contribution in [2.45, 2.75) is 13.0 Å². The van der Waals surface area contributed by atoms with E-state index in [1.165, 1.54) is 5.56 Å². The van der Waals surface area contributed by atoms with E-state index in [1.54, 1.807) is 0 Å². The van der Waals surface area contributed by atoms with Crippen LogP contribution in [0.5, 0.6) is 0 Å². The zero-order valence-corrected chi connectivity index (χ0v) is 17.7. The molecule has 0 spiro atoms. The Morgan fingerprint density at radius 1 is 0.968 bits per heavy atom. The number of allylic oxidation sites excluding steroid dienone is 1. The molecule has 0 saturated carbocycles. The predicted molar refractivity (Wildman–Crippen MR) is 126 cm³/mol. The normalized spacial score (nSPS) is 10.1. The Kier molecular flexibility index (Phi) is 7.79. The molecule has 156 valence electrons. The molecule has 0 aliphatic carbocycles. The summed E-state index contributed by atoms with van der Waals surface area (Å²) in [5.41, 5.74) is 5.61. The number of carbonyl (C=O) groups is 1. The first-order chi connectivity index (χ1) is 15.2. The molecule has 0 fully saturated rings. The first-order valence-electron chi connectivity index (χ1n) is 9.80. The summed E-state index contributed by atoms with van der Waals surface area (Å²) in [4.78, 5) is 13.1. The van der Waals surface area contributed by atoms with Gasteiger partial charge in [-0.25, -0.2) is 4.98 Å². The molecule has 4 nitrogen and oxygen atoms in total. The monoisotopic (exact) mass is 430 g/mol. The molecule has 0 aliphatic rings. The van der Waals surface area contributed by atoms with E-state index in [4.69, 9.17) is 26.5 Å². The molecule has 5 heteroatoms. The average Bonchev–Trinajstić information content (AvgIpc) is 3.20. The van der Waals surface area contributed by atoms with Crippen LogP contribution in [0.1, 0.15) is 11.1 Å². The second kappa shape index (κ2) is 11.0. The van der Waals surface area contributed by atoms with E-state index in [9.17, 15) is 0 Å². The van der Waals surface area contributed by atoms with Crippen LogP contribution < -0.4 is 0 Å². The van der Waals surface area contributed by atoms with Gasteiger partial charge in [0.25, 0.3) is 6.47 Å².